The predicted octanol–water partition coefficient (Wildman–Crippen LogP) is 0.226. The Balaban J connectivity index is 1.68. The summed E-state index contributed by atoms with van der Waals surface area (Å²) in [7, 11) is 0. The highest BCUT2D eigenvalue weighted by molar-refractivity contribution is 6.01. The van der Waals surface area contributed by atoms with E-state index >= 15 is 0 Å². The van der Waals surface area contributed by atoms with Crippen LogP contribution in [0.2, 0.25) is 0 Å². The molecule has 0 bridgehead atoms. The lowest BCUT2D eigenvalue weighted by Crippen LogP contribution is -2.38. The van der Waals surface area contributed by atoms with Crippen molar-refractivity contribution in [3.63, 3.8) is 0 Å². The molecule has 6 nitrogen and oxygen atoms in total. The number of nitrogens with one attached hydrogen (secondary N) is 1. The summed E-state index contributed by atoms with van der Waals surface area (Å²) in [5.41, 5.74) is 0. The largest absolute Gasteiger partial charge is 0.481 e. The number of carbonyl (C=O) groups is 3. The van der Waals surface area contributed by atoms with Gasteiger partial charge in [0.25, 0.3) is 0 Å². The van der Waals surface area contributed by atoms with Crippen molar-refractivity contribution in [2.24, 2.45) is 11.8 Å². The molecule has 1 aliphatic carbocycles. The fraction of sp³-hybridized carbons (Fsp3) is 0.769. The van der Waals surface area contributed by atoms with Gasteiger partial charge < -0.3 is 10.4 Å². The third-order valence-electron chi connectivity index (χ3n) is 4.05. The van der Waals surface area contributed by atoms with E-state index in [2.05, 4.69) is 5.32 Å². The SMILES string of the molecule is O=C(O)C1CCCC1CNCCN1C(=O)CCC1=O. The first-order valence-corrected chi connectivity index (χ1v) is 6.86. The van der Waals surface area contributed by atoms with Crippen LogP contribution in [0.3, 0.4) is 0 Å². The van der Waals surface area contributed by atoms with Gasteiger partial charge >= 0.3 is 5.97 Å². The molecule has 2 fully saturated rings. The quantitative estimate of drug-likeness (QED) is 0.532. The zero-order chi connectivity index (χ0) is 13.8. The number of carboxylic acids is 1. The van der Waals surface area contributed by atoms with Gasteiger partial charge in [0.05, 0.1) is 5.92 Å². The van der Waals surface area contributed by atoms with E-state index in [9.17, 15) is 14.4 Å². The lowest BCUT2D eigenvalue weighted by molar-refractivity contribution is -0.143. The normalized spacial score (nSPS) is 27.3. The molecule has 0 aromatic heterocycles. The van der Waals surface area contributed by atoms with Crippen LogP contribution in [0.15, 0.2) is 0 Å². The maximum atomic E-state index is 11.4. The number of carbonyl (C=O) groups excluding carboxylic acids is 2. The van der Waals surface area contributed by atoms with E-state index in [4.69, 9.17) is 5.11 Å². The van der Waals surface area contributed by atoms with E-state index < -0.39 is 5.97 Å². The lowest BCUT2D eigenvalue weighted by atomic mass is 9.96. The summed E-state index contributed by atoms with van der Waals surface area (Å²) in [5.74, 6) is -0.994. The van der Waals surface area contributed by atoms with Crippen LogP contribution < -0.4 is 5.32 Å². The number of carboxylic acid groups (broad SMARTS) is 1. The van der Waals surface area contributed by atoms with Crippen LogP contribution in [0.4, 0.5) is 0 Å². The highest BCUT2D eigenvalue weighted by atomic mass is 16.4. The molecular formula is C13H20N2O4. The van der Waals surface area contributed by atoms with Crippen molar-refractivity contribution >= 4 is 17.8 Å². The fourth-order valence-electron chi connectivity index (χ4n) is 2.96. The van der Waals surface area contributed by atoms with Crippen LogP contribution in [0.5, 0.6) is 0 Å². The topological polar surface area (TPSA) is 86.7 Å². The van der Waals surface area contributed by atoms with E-state index in [1.54, 1.807) is 0 Å². The standard InChI is InChI=1S/C13H20N2O4/c16-11-4-5-12(17)15(11)7-6-14-8-9-2-1-3-10(9)13(18)19/h9-10,14H,1-8H2,(H,18,19). The van der Waals surface area contributed by atoms with Gasteiger partial charge in [-0.05, 0) is 25.3 Å². The second-order valence-corrected chi connectivity index (χ2v) is 5.28. The van der Waals surface area contributed by atoms with Crippen molar-refractivity contribution in [2.75, 3.05) is 19.6 Å². The molecule has 2 aliphatic rings. The summed E-state index contributed by atoms with van der Waals surface area (Å²) in [6.45, 7) is 1.58. The van der Waals surface area contributed by atoms with Gasteiger partial charge in [0.2, 0.25) is 11.8 Å². The molecular weight excluding hydrogens is 248 g/mol. The molecule has 2 N–H and O–H groups in total. The lowest BCUT2D eigenvalue weighted by Gasteiger charge is -2.18. The minimum Gasteiger partial charge on any atom is -0.481 e. The van der Waals surface area contributed by atoms with Crippen molar-refractivity contribution in [2.45, 2.75) is 32.1 Å². The maximum absolute atomic E-state index is 11.4. The molecule has 1 heterocycles. The van der Waals surface area contributed by atoms with E-state index in [1.165, 1.54) is 4.90 Å². The van der Waals surface area contributed by atoms with E-state index in [-0.39, 0.29) is 23.7 Å². The van der Waals surface area contributed by atoms with Crippen LogP contribution in [0.25, 0.3) is 0 Å². The summed E-state index contributed by atoms with van der Waals surface area (Å²) in [4.78, 5) is 35.1. The summed E-state index contributed by atoms with van der Waals surface area (Å²) < 4.78 is 0. The van der Waals surface area contributed by atoms with Crippen molar-refractivity contribution in [3.05, 3.63) is 0 Å². The van der Waals surface area contributed by atoms with Gasteiger partial charge in [0.1, 0.15) is 0 Å². The maximum Gasteiger partial charge on any atom is 0.306 e. The van der Waals surface area contributed by atoms with Crippen LogP contribution >= 0.6 is 0 Å². The Morgan fingerprint density at radius 1 is 1.26 bits per heavy atom. The number of imide groups is 1. The summed E-state index contributed by atoms with van der Waals surface area (Å²) >= 11 is 0. The average Bonchev–Trinajstić information content (AvgIpc) is 2.94. The molecule has 0 spiro atoms. The molecule has 0 aromatic rings. The number of aliphatic carboxylic acids is 1. The minimum absolute atomic E-state index is 0.101. The summed E-state index contributed by atoms with van der Waals surface area (Å²) in [5, 5.41) is 12.2. The van der Waals surface area contributed by atoms with Gasteiger partial charge in [0, 0.05) is 25.9 Å². The number of hydrogen-bond acceptors (Lipinski definition) is 4. The minimum atomic E-state index is -0.714. The number of hydrogen-bond donors (Lipinski definition) is 2. The Hall–Kier alpha value is -1.43. The molecule has 6 heteroatoms. The fourth-order valence-corrected chi connectivity index (χ4v) is 2.96. The van der Waals surface area contributed by atoms with E-state index in [0.717, 1.165) is 19.3 Å². The Morgan fingerprint density at radius 2 is 1.95 bits per heavy atom. The smallest absolute Gasteiger partial charge is 0.306 e. The Morgan fingerprint density at radius 3 is 2.58 bits per heavy atom. The van der Waals surface area contributed by atoms with Gasteiger partial charge in [-0.1, -0.05) is 6.42 Å². The van der Waals surface area contributed by atoms with Crippen molar-refractivity contribution in [1.29, 1.82) is 0 Å². The van der Waals surface area contributed by atoms with Crippen LogP contribution in [0, 0.1) is 11.8 Å². The van der Waals surface area contributed by atoms with Crippen molar-refractivity contribution in [3.8, 4) is 0 Å². The predicted molar refractivity (Wildman–Crippen MR) is 67.3 cm³/mol. The number of amides is 2. The van der Waals surface area contributed by atoms with E-state index in [0.29, 0.717) is 32.5 Å². The second kappa shape index (κ2) is 6.14. The van der Waals surface area contributed by atoms with Gasteiger partial charge in [-0.25, -0.2) is 0 Å². The van der Waals surface area contributed by atoms with Gasteiger partial charge in [-0.3, -0.25) is 19.3 Å². The molecule has 2 rings (SSSR count). The third kappa shape index (κ3) is 3.32. The number of rotatable bonds is 6. The molecule has 2 atom stereocenters. The molecule has 1 saturated heterocycles. The summed E-state index contributed by atoms with van der Waals surface area (Å²) in [6, 6.07) is 0. The van der Waals surface area contributed by atoms with Gasteiger partial charge in [-0.15, -0.1) is 0 Å². The first-order chi connectivity index (χ1) is 9.09. The van der Waals surface area contributed by atoms with Crippen molar-refractivity contribution in [1.82, 2.24) is 10.2 Å². The number of nitrogens with zero attached hydrogens (tertiary/aromatic N) is 1. The van der Waals surface area contributed by atoms with Crippen LogP contribution in [-0.4, -0.2) is 47.4 Å². The second-order valence-electron chi connectivity index (χ2n) is 5.28. The first kappa shape index (κ1) is 14.0. The highest BCUT2D eigenvalue weighted by Gasteiger charge is 2.32. The molecule has 0 aromatic carbocycles. The van der Waals surface area contributed by atoms with Gasteiger partial charge in [-0.2, -0.15) is 0 Å². The van der Waals surface area contributed by atoms with E-state index in [1.807, 2.05) is 0 Å². The molecule has 1 saturated carbocycles. The molecule has 2 amide bonds. The molecule has 0 radical (unpaired) electrons. The average molecular weight is 268 g/mol. The zero-order valence-corrected chi connectivity index (χ0v) is 10.9. The molecule has 19 heavy (non-hydrogen) atoms. The first-order valence-electron chi connectivity index (χ1n) is 6.86. The van der Waals surface area contributed by atoms with Gasteiger partial charge in [0.15, 0.2) is 0 Å². The van der Waals surface area contributed by atoms with Crippen LogP contribution in [-0.2, 0) is 14.4 Å². The number of likely N-dealkylation sites (tertiary alicyclic amines) is 1. The Labute approximate surface area is 112 Å². The summed E-state index contributed by atoms with van der Waals surface area (Å²) in [6.07, 6.45) is 3.30. The van der Waals surface area contributed by atoms with Crippen LogP contribution in [0.1, 0.15) is 32.1 Å². The highest BCUT2D eigenvalue weighted by Crippen LogP contribution is 2.31. The third-order valence-corrected chi connectivity index (χ3v) is 4.05. The molecule has 106 valence electrons. The Kier molecular flexibility index (Phi) is 4.52. The Bertz CT molecular complexity index is 367. The molecule has 1 aliphatic heterocycles. The zero-order valence-electron chi connectivity index (χ0n) is 10.9. The molecule has 2 unspecified atom stereocenters. The van der Waals surface area contributed by atoms with Crippen molar-refractivity contribution < 1.29 is 19.5 Å². The monoisotopic (exact) mass is 268 g/mol.